The molecule has 0 unspecified atom stereocenters. The summed E-state index contributed by atoms with van der Waals surface area (Å²) in [4.78, 5) is 16.4. The van der Waals surface area contributed by atoms with Gasteiger partial charge in [-0.15, -0.1) is 0 Å². The Balaban J connectivity index is 1.43. The lowest BCUT2D eigenvalue weighted by Gasteiger charge is -2.25. The van der Waals surface area contributed by atoms with Gasteiger partial charge in [0.15, 0.2) is 0 Å². The summed E-state index contributed by atoms with van der Waals surface area (Å²) in [5.74, 6) is -0.0873. The molecule has 1 aliphatic rings. The molecule has 2 N–H and O–H groups in total. The Morgan fingerprint density at radius 3 is 2.61 bits per heavy atom. The van der Waals surface area contributed by atoms with Crippen LogP contribution in [0.15, 0.2) is 54.6 Å². The van der Waals surface area contributed by atoms with Crippen molar-refractivity contribution in [2.75, 3.05) is 12.9 Å². The average Bonchev–Trinajstić information content (AvgIpc) is 2.81. The zero-order valence-corrected chi connectivity index (χ0v) is 20.6. The number of hydrogen-bond acceptors (Lipinski definition) is 7. The van der Waals surface area contributed by atoms with Crippen molar-refractivity contribution >= 4 is 15.9 Å². The zero-order valence-electron chi connectivity index (χ0n) is 19.7. The predicted octanol–water partition coefficient (Wildman–Crippen LogP) is 3.83. The fraction of sp³-hybridized carbons (Fsp3) is 0.308. The van der Waals surface area contributed by atoms with Crippen LogP contribution in [0.2, 0.25) is 0 Å². The number of halogens is 1. The molecule has 4 rings (SSSR count). The number of carbonyl (C=O) groups excluding carboxylic acids is 1. The zero-order chi connectivity index (χ0) is 25.7. The van der Waals surface area contributed by atoms with Gasteiger partial charge in [0.05, 0.1) is 25.2 Å². The molecule has 0 spiro atoms. The highest BCUT2D eigenvalue weighted by atomic mass is 32.2. The largest absolute Gasteiger partial charge is 0.489 e. The second kappa shape index (κ2) is 11.0. The van der Waals surface area contributed by atoms with Gasteiger partial charge in [-0.3, -0.25) is 4.79 Å². The van der Waals surface area contributed by atoms with Gasteiger partial charge in [-0.2, -0.15) is 0 Å². The van der Waals surface area contributed by atoms with Gasteiger partial charge in [0.25, 0.3) is 5.91 Å². The Morgan fingerprint density at radius 1 is 1.14 bits per heavy atom. The van der Waals surface area contributed by atoms with Gasteiger partial charge in [0.2, 0.25) is 15.9 Å². The molecule has 0 bridgehead atoms. The third-order valence-corrected chi connectivity index (χ3v) is 6.48. The van der Waals surface area contributed by atoms with Gasteiger partial charge in [-0.25, -0.2) is 22.5 Å². The Hall–Kier alpha value is -3.50. The Bertz CT molecular complexity index is 1360. The van der Waals surface area contributed by atoms with Gasteiger partial charge in [0, 0.05) is 22.8 Å². The molecule has 0 saturated heterocycles. The number of aromatic nitrogens is 1. The monoisotopic (exact) mass is 514 g/mol. The molecule has 190 valence electrons. The van der Waals surface area contributed by atoms with Gasteiger partial charge < -0.3 is 14.6 Å². The van der Waals surface area contributed by atoms with Gasteiger partial charge in [-0.05, 0) is 54.7 Å². The molecule has 2 aromatic carbocycles. The Labute approximate surface area is 209 Å². The molecule has 10 heteroatoms. The SMILES string of the molecule is CS(=O)(=O)NC(=O)c1ccc(COc2cccc(-c3ccc(OCC4CCC4)nc3CO)c2)c(F)c1. The molecular weight excluding hydrogens is 487 g/mol. The maximum Gasteiger partial charge on any atom is 0.264 e. The molecule has 0 radical (unpaired) electrons. The first-order chi connectivity index (χ1) is 17.2. The van der Waals surface area contributed by atoms with Crippen LogP contribution in [0.3, 0.4) is 0 Å². The van der Waals surface area contributed by atoms with E-state index in [0.717, 1.165) is 23.4 Å². The number of benzene rings is 2. The molecule has 1 aliphatic carbocycles. The molecule has 1 heterocycles. The number of aliphatic hydroxyl groups is 1. The molecule has 1 aromatic heterocycles. The molecule has 1 amide bonds. The highest BCUT2D eigenvalue weighted by molar-refractivity contribution is 7.89. The smallest absolute Gasteiger partial charge is 0.264 e. The summed E-state index contributed by atoms with van der Waals surface area (Å²) in [5, 5.41) is 9.86. The standard InChI is InChI=1S/C26H27FN2O6S/c1-36(32,33)29-26(31)19-8-9-20(23(27)13-19)16-34-21-7-3-6-18(12-21)22-10-11-25(28-24(22)14-30)35-15-17-4-2-5-17/h3,6-13,17,30H,2,4-5,14-16H2,1H3,(H,29,31). The highest BCUT2D eigenvalue weighted by Crippen LogP contribution is 2.30. The van der Waals surface area contributed by atoms with Crippen LogP contribution in [0.4, 0.5) is 4.39 Å². The molecular formula is C26H27FN2O6S. The normalized spacial score (nSPS) is 13.6. The van der Waals surface area contributed by atoms with Crippen LogP contribution in [0.5, 0.6) is 11.6 Å². The lowest BCUT2D eigenvalue weighted by Crippen LogP contribution is -2.29. The van der Waals surface area contributed by atoms with Crippen molar-refractivity contribution in [1.82, 2.24) is 9.71 Å². The minimum atomic E-state index is -3.75. The van der Waals surface area contributed by atoms with Crippen LogP contribution in [-0.2, 0) is 23.2 Å². The third-order valence-electron chi connectivity index (χ3n) is 5.92. The van der Waals surface area contributed by atoms with Crippen LogP contribution in [-0.4, -0.2) is 37.3 Å². The molecule has 0 aliphatic heterocycles. The van der Waals surface area contributed by atoms with E-state index in [1.807, 2.05) is 12.1 Å². The van der Waals surface area contributed by atoms with E-state index >= 15 is 0 Å². The van der Waals surface area contributed by atoms with E-state index < -0.39 is 21.7 Å². The van der Waals surface area contributed by atoms with Crippen LogP contribution >= 0.6 is 0 Å². The first-order valence-electron chi connectivity index (χ1n) is 11.5. The summed E-state index contributed by atoms with van der Waals surface area (Å²) in [5.41, 5.74) is 2.05. The van der Waals surface area contributed by atoms with E-state index in [2.05, 4.69) is 4.98 Å². The number of amides is 1. The van der Waals surface area contributed by atoms with Crippen molar-refractivity contribution in [2.45, 2.75) is 32.5 Å². The van der Waals surface area contributed by atoms with E-state index in [4.69, 9.17) is 9.47 Å². The van der Waals surface area contributed by atoms with Crippen molar-refractivity contribution in [3.8, 4) is 22.8 Å². The van der Waals surface area contributed by atoms with Gasteiger partial charge in [-0.1, -0.05) is 24.6 Å². The summed E-state index contributed by atoms with van der Waals surface area (Å²) in [6.07, 6.45) is 4.42. The predicted molar refractivity (Wildman–Crippen MR) is 131 cm³/mol. The van der Waals surface area contributed by atoms with Crippen molar-refractivity contribution in [3.63, 3.8) is 0 Å². The first-order valence-corrected chi connectivity index (χ1v) is 13.4. The van der Waals surface area contributed by atoms with Gasteiger partial charge in [0.1, 0.15) is 18.2 Å². The summed E-state index contributed by atoms with van der Waals surface area (Å²) >= 11 is 0. The van der Waals surface area contributed by atoms with E-state index in [0.29, 0.717) is 29.8 Å². The number of pyridine rings is 1. The Kier molecular flexibility index (Phi) is 7.85. The summed E-state index contributed by atoms with van der Waals surface area (Å²) in [7, 11) is -3.75. The number of hydrogen-bond donors (Lipinski definition) is 2. The maximum atomic E-state index is 14.5. The molecule has 36 heavy (non-hydrogen) atoms. The minimum Gasteiger partial charge on any atom is -0.489 e. The lowest BCUT2D eigenvalue weighted by atomic mass is 9.86. The first kappa shape index (κ1) is 25.6. The number of sulfonamides is 1. The number of rotatable bonds is 10. The Morgan fingerprint density at radius 2 is 1.94 bits per heavy atom. The fourth-order valence-electron chi connectivity index (χ4n) is 3.76. The topological polar surface area (TPSA) is 115 Å². The van der Waals surface area contributed by atoms with Crippen molar-refractivity contribution in [1.29, 1.82) is 0 Å². The molecule has 1 saturated carbocycles. The fourth-order valence-corrected chi connectivity index (χ4v) is 4.21. The second-order valence-corrected chi connectivity index (χ2v) is 10.5. The highest BCUT2D eigenvalue weighted by Gasteiger charge is 2.19. The van der Waals surface area contributed by atoms with Gasteiger partial charge >= 0.3 is 0 Å². The molecule has 0 atom stereocenters. The van der Waals surface area contributed by atoms with Crippen LogP contribution in [0.25, 0.3) is 11.1 Å². The van der Waals surface area contributed by atoms with E-state index in [1.165, 1.54) is 31.4 Å². The molecule has 1 fully saturated rings. The number of nitrogens with zero attached hydrogens (tertiary/aromatic N) is 1. The number of aliphatic hydroxyl groups excluding tert-OH is 1. The van der Waals surface area contributed by atoms with Crippen LogP contribution in [0, 0.1) is 11.7 Å². The summed E-state index contributed by atoms with van der Waals surface area (Å²) in [6.45, 7) is 0.258. The molecule has 3 aromatic rings. The van der Waals surface area contributed by atoms with E-state index in [1.54, 1.807) is 29.0 Å². The van der Waals surface area contributed by atoms with Crippen molar-refractivity contribution in [2.24, 2.45) is 5.92 Å². The van der Waals surface area contributed by atoms with Crippen molar-refractivity contribution < 1.29 is 32.2 Å². The van der Waals surface area contributed by atoms with E-state index in [-0.39, 0.29) is 24.3 Å². The second-order valence-electron chi connectivity index (χ2n) is 8.74. The minimum absolute atomic E-state index is 0.109. The molecule has 8 nitrogen and oxygen atoms in total. The van der Waals surface area contributed by atoms with Crippen LogP contribution < -0.4 is 14.2 Å². The quantitative estimate of drug-likeness (QED) is 0.423. The number of ether oxygens (including phenoxy) is 2. The average molecular weight is 515 g/mol. The van der Waals surface area contributed by atoms with Crippen molar-refractivity contribution in [3.05, 3.63) is 77.2 Å². The van der Waals surface area contributed by atoms with E-state index in [9.17, 15) is 22.7 Å². The lowest BCUT2D eigenvalue weighted by molar-refractivity contribution is 0.0981. The third kappa shape index (κ3) is 6.58. The maximum absolute atomic E-state index is 14.5. The van der Waals surface area contributed by atoms with Crippen LogP contribution in [0.1, 0.15) is 40.9 Å². The summed E-state index contributed by atoms with van der Waals surface area (Å²) in [6, 6.07) is 14.4. The number of carbonyl (C=O) groups is 1. The number of nitrogens with one attached hydrogen (secondary N) is 1. The summed E-state index contributed by atoms with van der Waals surface area (Å²) < 4.78 is 50.3.